The first-order valence-corrected chi connectivity index (χ1v) is 6.25. The topological polar surface area (TPSA) is 159 Å². The van der Waals surface area contributed by atoms with Crippen molar-refractivity contribution in [1.82, 2.24) is 0 Å². The van der Waals surface area contributed by atoms with E-state index in [0.717, 1.165) is 18.1 Å². The van der Waals surface area contributed by atoms with E-state index in [1.165, 1.54) is 0 Å². The summed E-state index contributed by atoms with van der Waals surface area (Å²) in [7, 11) is 7.16. The van der Waals surface area contributed by atoms with Crippen molar-refractivity contribution < 1.29 is 45.0 Å². The maximum Gasteiger partial charge on any atom is 0.151 e. The molecule has 0 amide bonds. The van der Waals surface area contributed by atoms with Gasteiger partial charge in [0.1, 0.15) is 31.0 Å². The lowest BCUT2D eigenvalue weighted by atomic mass is 10.0. The highest BCUT2D eigenvalue weighted by atomic mass is 16.4. The van der Waals surface area contributed by atoms with E-state index in [1.54, 1.807) is 0 Å². The summed E-state index contributed by atoms with van der Waals surface area (Å²) in [5, 5.41) is 58.9. The molecule has 0 heterocycles. The number of likely N-dealkylation sites (N-methyl/N-ethyl adjacent to an activating group) is 1. The standard InChI is InChI=1S/C6H12O6.C5H14NO.CH4O/c7-1-3(9)5(11)6(12)4(10)2-8;1-6(2,3)4-5-7;1-2/h1,3-6,8-12H,2H2;7H,4-5H2,1-3H3;2H,1H3/q;+1;. The SMILES string of the molecule is CO.C[N+](C)(C)CCO.O=CC(O)C(O)C(O)C(O)CO. The van der Waals surface area contributed by atoms with Crippen LogP contribution in [0.4, 0.5) is 0 Å². The highest BCUT2D eigenvalue weighted by Gasteiger charge is 2.29. The third-order valence-corrected chi connectivity index (χ3v) is 2.19. The molecule has 0 radical (unpaired) electrons. The van der Waals surface area contributed by atoms with Crippen LogP contribution < -0.4 is 0 Å². The van der Waals surface area contributed by atoms with E-state index in [0.29, 0.717) is 0 Å². The summed E-state index contributed by atoms with van der Waals surface area (Å²) in [6.45, 7) is 0.354. The van der Waals surface area contributed by atoms with Gasteiger partial charge in [0.05, 0.1) is 34.4 Å². The van der Waals surface area contributed by atoms with Gasteiger partial charge in [0.15, 0.2) is 6.29 Å². The van der Waals surface area contributed by atoms with E-state index < -0.39 is 31.0 Å². The van der Waals surface area contributed by atoms with Crippen LogP contribution in [0.25, 0.3) is 0 Å². The summed E-state index contributed by atoms with van der Waals surface area (Å²) in [5.41, 5.74) is 0. The van der Waals surface area contributed by atoms with Gasteiger partial charge in [-0.15, -0.1) is 0 Å². The van der Waals surface area contributed by atoms with Crippen LogP contribution in [-0.2, 0) is 4.79 Å². The number of carbonyl (C=O) groups is 1. The van der Waals surface area contributed by atoms with Crippen LogP contribution in [0.1, 0.15) is 0 Å². The molecule has 9 nitrogen and oxygen atoms in total. The van der Waals surface area contributed by atoms with Gasteiger partial charge in [-0.3, -0.25) is 0 Å². The minimum absolute atomic E-state index is 0.0258. The Morgan fingerprint density at radius 1 is 0.952 bits per heavy atom. The molecule has 4 atom stereocenters. The second-order valence-corrected chi connectivity index (χ2v) is 5.10. The van der Waals surface area contributed by atoms with Crippen LogP contribution in [-0.4, -0.2) is 119 Å². The molecule has 0 aliphatic heterocycles. The molecule has 4 unspecified atom stereocenters. The molecule has 0 saturated heterocycles. The molecule has 7 N–H and O–H groups in total. The molecule has 130 valence electrons. The Balaban J connectivity index is -0.000000307. The van der Waals surface area contributed by atoms with Gasteiger partial charge in [-0.25, -0.2) is 0 Å². The Morgan fingerprint density at radius 2 is 1.38 bits per heavy atom. The molecular formula is C12H30NO8+. The highest BCUT2D eigenvalue weighted by molar-refractivity contribution is 5.56. The maximum absolute atomic E-state index is 9.90. The van der Waals surface area contributed by atoms with Crippen LogP contribution in [0.3, 0.4) is 0 Å². The summed E-state index contributed by atoms with van der Waals surface area (Å²) in [6.07, 6.45) is -6.84. The first-order chi connectivity index (χ1) is 9.60. The molecule has 9 heteroatoms. The van der Waals surface area contributed by atoms with Gasteiger partial charge < -0.3 is 45.0 Å². The molecule has 0 spiro atoms. The third kappa shape index (κ3) is 15.6. The van der Waals surface area contributed by atoms with Gasteiger partial charge in [-0.05, 0) is 0 Å². The molecule has 0 rings (SSSR count). The quantitative estimate of drug-likeness (QED) is 0.184. The zero-order valence-corrected chi connectivity index (χ0v) is 13.0. The number of quaternary nitrogens is 1. The third-order valence-electron chi connectivity index (χ3n) is 2.19. The normalized spacial score (nSPS) is 16.3. The van der Waals surface area contributed by atoms with Crippen LogP contribution >= 0.6 is 0 Å². The monoisotopic (exact) mass is 316 g/mol. The Bertz CT molecular complexity index is 234. The zero-order chi connectivity index (χ0) is 17.6. The highest BCUT2D eigenvalue weighted by Crippen LogP contribution is 2.02. The Kier molecular flexibility index (Phi) is 17.2. The van der Waals surface area contributed by atoms with E-state index in [-0.39, 0.29) is 12.9 Å². The van der Waals surface area contributed by atoms with Crippen LogP contribution in [0.2, 0.25) is 0 Å². The van der Waals surface area contributed by atoms with E-state index in [9.17, 15) is 4.79 Å². The van der Waals surface area contributed by atoms with Crippen molar-refractivity contribution in [3.8, 4) is 0 Å². The smallest absolute Gasteiger partial charge is 0.151 e. The zero-order valence-electron chi connectivity index (χ0n) is 13.0. The van der Waals surface area contributed by atoms with Crippen molar-refractivity contribution in [2.45, 2.75) is 24.4 Å². The molecule has 0 fully saturated rings. The van der Waals surface area contributed by atoms with Crippen LogP contribution in [0.15, 0.2) is 0 Å². The number of aliphatic hydroxyl groups is 7. The van der Waals surface area contributed by atoms with Gasteiger partial charge in [-0.2, -0.15) is 0 Å². The second-order valence-electron chi connectivity index (χ2n) is 5.10. The predicted octanol–water partition coefficient (Wildman–Crippen LogP) is -4.09. The Hall–Kier alpha value is -0.650. The van der Waals surface area contributed by atoms with Crippen molar-refractivity contribution >= 4 is 6.29 Å². The fourth-order valence-corrected chi connectivity index (χ4v) is 0.918. The van der Waals surface area contributed by atoms with Gasteiger partial charge in [0.25, 0.3) is 0 Å². The van der Waals surface area contributed by atoms with Crippen LogP contribution in [0.5, 0.6) is 0 Å². The molecule has 21 heavy (non-hydrogen) atoms. The average Bonchev–Trinajstić information content (AvgIpc) is 2.45. The van der Waals surface area contributed by atoms with E-state index >= 15 is 0 Å². The molecule has 0 aromatic rings. The van der Waals surface area contributed by atoms with Gasteiger partial charge in [-0.1, -0.05) is 0 Å². The fourth-order valence-electron chi connectivity index (χ4n) is 0.918. The number of nitrogens with zero attached hydrogens (tertiary/aromatic N) is 1. The van der Waals surface area contributed by atoms with E-state index in [4.69, 9.17) is 35.7 Å². The molecule has 0 aromatic heterocycles. The summed E-state index contributed by atoms with van der Waals surface area (Å²) < 4.78 is 0.844. The number of aldehydes is 1. The van der Waals surface area contributed by atoms with Crippen molar-refractivity contribution in [1.29, 1.82) is 0 Å². The number of aliphatic hydroxyl groups excluding tert-OH is 7. The Morgan fingerprint density at radius 3 is 1.57 bits per heavy atom. The fraction of sp³-hybridized carbons (Fsp3) is 0.917. The number of rotatable bonds is 7. The lowest BCUT2D eigenvalue weighted by Crippen LogP contribution is -2.46. The summed E-state index contributed by atoms with van der Waals surface area (Å²) in [6, 6.07) is 0. The molecule has 0 aliphatic rings. The molecular weight excluding hydrogens is 286 g/mol. The summed E-state index contributed by atoms with van der Waals surface area (Å²) in [4.78, 5) is 9.90. The van der Waals surface area contributed by atoms with Crippen LogP contribution in [0, 0.1) is 0 Å². The average molecular weight is 316 g/mol. The molecule has 0 bridgehead atoms. The second kappa shape index (κ2) is 14.3. The van der Waals surface area contributed by atoms with E-state index in [1.807, 2.05) is 0 Å². The number of hydrogen-bond acceptors (Lipinski definition) is 8. The predicted molar refractivity (Wildman–Crippen MR) is 75.3 cm³/mol. The van der Waals surface area contributed by atoms with Crippen molar-refractivity contribution in [3.63, 3.8) is 0 Å². The first-order valence-electron chi connectivity index (χ1n) is 6.25. The summed E-state index contributed by atoms with van der Waals surface area (Å²) in [5.74, 6) is 0. The van der Waals surface area contributed by atoms with Gasteiger partial charge in [0, 0.05) is 7.11 Å². The maximum atomic E-state index is 9.90. The molecule has 0 aliphatic carbocycles. The van der Waals surface area contributed by atoms with E-state index in [2.05, 4.69) is 21.1 Å². The van der Waals surface area contributed by atoms with Crippen molar-refractivity contribution in [2.75, 3.05) is 48.0 Å². The first kappa shape index (κ1) is 25.3. The van der Waals surface area contributed by atoms with Crippen molar-refractivity contribution in [3.05, 3.63) is 0 Å². The molecule has 0 aromatic carbocycles. The molecule has 0 saturated carbocycles. The summed E-state index contributed by atoms with van der Waals surface area (Å²) >= 11 is 0. The lowest BCUT2D eigenvalue weighted by molar-refractivity contribution is -0.870. The Labute approximate surface area is 124 Å². The van der Waals surface area contributed by atoms with Gasteiger partial charge in [0.2, 0.25) is 0 Å². The minimum Gasteiger partial charge on any atom is -0.400 e. The van der Waals surface area contributed by atoms with Gasteiger partial charge >= 0.3 is 0 Å². The minimum atomic E-state index is -1.79. The number of carbonyl (C=O) groups excluding carboxylic acids is 1. The van der Waals surface area contributed by atoms with Crippen molar-refractivity contribution in [2.24, 2.45) is 0 Å². The lowest BCUT2D eigenvalue weighted by Gasteiger charge is -2.22. The number of hydrogen-bond donors (Lipinski definition) is 7. The largest absolute Gasteiger partial charge is 0.400 e.